The van der Waals surface area contributed by atoms with Crippen molar-refractivity contribution in [1.29, 1.82) is 5.26 Å². The van der Waals surface area contributed by atoms with E-state index in [4.69, 9.17) is 16.7 Å². The number of nitriles is 1. The van der Waals surface area contributed by atoms with Gasteiger partial charge in [-0.3, -0.25) is 4.79 Å². The molecule has 1 unspecified atom stereocenters. The Morgan fingerprint density at radius 3 is 2.58 bits per heavy atom. The lowest BCUT2D eigenvalue weighted by Crippen LogP contribution is -2.25. The van der Waals surface area contributed by atoms with Gasteiger partial charge in [-0.05, 0) is 6.92 Å². The summed E-state index contributed by atoms with van der Waals surface area (Å²) in [5.74, 6) is -0.892. The molecule has 5 nitrogen and oxygen atoms in total. The van der Waals surface area contributed by atoms with Crippen LogP contribution in [0, 0.1) is 11.3 Å². The Hall–Kier alpha value is -1.95. The molecule has 0 spiro atoms. The summed E-state index contributed by atoms with van der Waals surface area (Å²) in [6.45, 7) is 1.31. The second-order valence-electron chi connectivity index (χ2n) is 3.89. The van der Waals surface area contributed by atoms with Gasteiger partial charge in [-0.25, -0.2) is 0 Å². The Morgan fingerprint density at radius 2 is 2.16 bits per heavy atom. The van der Waals surface area contributed by atoms with E-state index in [2.05, 4.69) is 5.32 Å². The zero-order chi connectivity index (χ0) is 14.8. The maximum absolute atomic E-state index is 12.2. The Labute approximate surface area is 111 Å². The van der Waals surface area contributed by atoms with Gasteiger partial charge in [0.25, 0.3) is 5.91 Å². The zero-order valence-electron chi connectivity index (χ0n) is 9.84. The highest BCUT2D eigenvalue weighted by Gasteiger charge is 2.31. The van der Waals surface area contributed by atoms with Gasteiger partial charge in [0.15, 0.2) is 0 Å². The third-order valence-electron chi connectivity index (χ3n) is 2.21. The number of alkyl halides is 3. The summed E-state index contributed by atoms with van der Waals surface area (Å²) >= 11 is 0.803. The van der Waals surface area contributed by atoms with Crippen LogP contribution in [0.15, 0.2) is 0 Å². The molecule has 0 radical (unpaired) electrons. The minimum absolute atomic E-state index is 0.0375. The van der Waals surface area contributed by atoms with Crippen molar-refractivity contribution in [1.82, 2.24) is 0 Å². The van der Waals surface area contributed by atoms with E-state index >= 15 is 0 Å². The van der Waals surface area contributed by atoms with E-state index in [9.17, 15) is 18.0 Å². The van der Waals surface area contributed by atoms with Crippen molar-refractivity contribution < 1.29 is 18.0 Å². The minimum Gasteiger partial charge on any atom is -0.396 e. The van der Waals surface area contributed by atoms with Crippen molar-refractivity contribution in [2.75, 3.05) is 11.1 Å². The first-order chi connectivity index (χ1) is 8.65. The molecule has 0 aliphatic carbocycles. The first kappa shape index (κ1) is 15.1. The number of thiophene rings is 1. The van der Waals surface area contributed by atoms with E-state index in [1.165, 1.54) is 6.92 Å². The number of hydrogen-bond donors (Lipinski definition) is 3. The average Bonchev–Trinajstić information content (AvgIpc) is 2.51. The summed E-state index contributed by atoms with van der Waals surface area (Å²) < 4.78 is 36.6. The molecule has 0 aliphatic rings. The van der Waals surface area contributed by atoms with Crippen LogP contribution in [0.2, 0.25) is 0 Å². The fraction of sp³-hybridized carbons (Fsp3) is 0.400. The molecule has 1 aromatic heterocycles. The Morgan fingerprint density at radius 1 is 1.58 bits per heavy atom. The molecule has 104 valence electrons. The molecule has 0 saturated heterocycles. The predicted molar refractivity (Wildman–Crippen MR) is 65.7 cm³/mol. The Bertz CT molecular complexity index is 532. The van der Waals surface area contributed by atoms with Gasteiger partial charge in [0.05, 0.1) is 17.7 Å². The predicted octanol–water partition coefficient (Wildman–Crippen LogP) is 2.05. The first-order valence-electron chi connectivity index (χ1n) is 5.11. The van der Waals surface area contributed by atoms with Crippen LogP contribution in [0.1, 0.15) is 28.6 Å². The number of halogens is 3. The van der Waals surface area contributed by atoms with Crippen molar-refractivity contribution in [3.63, 3.8) is 0 Å². The molecule has 0 fully saturated rings. The van der Waals surface area contributed by atoms with E-state index in [-0.39, 0.29) is 21.1 Å². The van der Waals surface area contributed by atoms with Crippen LogP contribution >= 0.6 is 11.3 Å². The molecule has 1 atom stereocenters. The van der Waals surface area contributed by atoms with E-state index in [0.29, 0.717) is 0 Å². The molecular weight excluding hydrogens is 281 g/mol. The van der Waals surface area contributed by atoms with Crippen molar-refractivity contribution in [3.05, 3.63) is 10.4 Å². The topological polar surface area (TPSA) is 105 Å². The van der Waals surface area contributed by atoms with Crippen molar-refractivity contribution in [2.24, 2.45) is 5.73 Å². The van der Waals surface area contributed by atoms with Gasteiger partial charge in [-0.15, -0.1) is 11.3 Å². The van der Waals surface area contributed by atoms with Gasteiger partial charge in [-0.1, -0.05) is 0 Å². The second kappa shape index (κ2) is 5.36. The van der Waals surface area contributed by atoms with E-state index in [1.54, 1.807) is 6.07 Å². The van der Waals surface area contributed by atoms with Crippen LogP contribution < -0.4 is 16.8 Å². The number of hydrogen-bond acceptors (Lipinski definition) is 5. The summed E-state index contributed by atoms with van der Waals surface area (Å²) in [6, 6.07) is 0.786. The number of nitrogens with zero attached hydrogens (tertiary/aromatic N) is 1. The van der Waals surface area contributed by atoms with E-state index < -0.39 is 24.5 Å². The quantitative estimate of drug-likeness (QED) is 0.789. The number of nitrogens with one attached hydrogen (secondary N) is 1. The third-order valence-corrected chi connectivity index (χ3v) is 3.25. The molecular formula is C10H11F3N4OS. The Kier molecular flexibility index (Phi) is 4.26. The van der Waals surface area contributed by atoms with Crippen molar-refractivity contribution in [3.8, 4) is 6.07 Å². The maximum Gasteiger partial charge on any atom is 0.391 e. The number of carbonyl (C=O) groups is 1. The number of amides is 1. The van der Waals surface area contributed by atoms with Crippen molar-refractivity contribution in [2.45, 2.75) is 25.6 Å². The number of anilines is 2. The van der Waals surface area contributed by atoms with E-state index in [0.717, 1.165) is 11.3 Å². The van der Waals surface area contributed by atoms with Crippen LogP contribution in [-0.2, 0) is 0 Å². The molecule has 0 saturated carbocycles. The minimum atomic E-state index is -4.33. The molecule has 5 N–H and O–H groups in total. The standard InChI is InChI=1S/C10H11F3N4OS/c1-4(2-10(11,12)13)17-9-6(8(16)18)7(15)5(3-14)19-9/h4,17H,2,15H2,1H3,(H2,16,18). The summed E-state index contributed by atoms with van der Waals surface area (Å²) in [5, 5.41) is 11.4. The molecule has 0 aromatic carbocycles. The van der Waals surface area contributed by atoms with Crippen LogP contribution in [-0.4, -0.2) is 18.1 Å². The maximum atomic E-state index is 12.2. The number of primary amides is 1. The molecule has 0 bridgehead atoms. The summed E-state index contributed by atoms with van der Waals surface area (Å²) in [6.07, 6.45) is -5.41. The second-order valence-corrected chi connectivity index (χ2v) is 4.91. The third kappa shape index (κ3) is 3.75. The first-order valence-corrected chi connectivity index (χ1v) is 5.92. The highest BCUT2D eigenvalue weighted by molar-refractivity contribution is 7.17. The monoisotopic (exact) mass is 292 g/mol. The van der Waals surface area contributed by atoms with Crippen LogP contribution in [0.5, 0.6) is 0 Å². The van der Waals surface area contributed by atoms with Crippen LogP contribution in [0.3, 0.4) is 0 Å². The lowest BCUT2D eigenvalue weighted by molar-refractivity contribution is -0.136. The summed E-state index contributed by atoms with van der Waals surface area (Å²) in [4.78, 5) is 11.3. The van der Waals surface area contributed by atoms with Crippen molar-refractivity contribution >= 4 is 27.9 Å². The molecule has 0 aliphatic heterocycles. The van der Waals surface area contributed by atoms with Crippen LogP contribution in [0.4, 0.5) is 23.9 Å². The lowest BCUT2D eigenvalue weighted by atomic mass is 10.2. The van der Waals surface area contributed by atoms with Crippen LogP contribution in [0.25, 0.3) is 0 Å². The molecule has 1 amide bonds. The fourth-order valence-electron chi connectivity index (χ4n) is 1.50. The van der Waals surface area contributed by atoms with Gasteiger partial charge in [0, 0.05) is 6.04 Å². The van der Waals surface area contributed by atoms with Gasteiger partial charge in [-0.2, -0.15) is 18.4 Å². The van der Waals surface area contributed by atoms with Gasteiger partial charge >= 0.3 is 6.18 Å². The normalized spacial score (nSPS) is 12.8. The number of nitrogens with two attached hydrogens (primary N) is 2. The molecule has 1 aromatic rings. The van der Waals surface area contributed by atoms with Gasteiger partial charge in [0.1, 0.15) is 15.9 Å². The number of nitrogen functional groups attached to an aromatic ring is 1. The number of rotatable bonds is 4. The molecule has 19 heavy (non-hydrogen) atoms. The average molecular weight is 292 g/mol. The van der Waals surface area contributed by atoms with E-state index in [1.807, 2.05) is 0 Å². The number of carbonyl (C=O) groups excluding carboxylic acids is 1. The summed E-state index contributed by atoms with van der Waals surface area (Å²) in [7, 11) is 0. The zero-order valence-corrected chi connectivity index (χ0v) is 10.7. The lowest BCUT2D eigenvalue weighted by Gasteiger charge is -2.16. The Balaban J connectivity index is 3.02. The largest absolute Gasteiger partial charge is 0.396 e. The smallest absolute Gasteiger partial charge is 0.391 e. The molecule has 9 heteroatoms. The SMILES string of the molecule is CC(CC(F)(F)F)Nc1sc(C#N)c(N)c1C(N)=O. The highest BCUT2D eigenvalue weighted by atomic mass is 32.1. The van der Waals surface area contributed by atoms with Gasteiger partial charge < -0.3 is 16.8 Å². The van der Waals surface area contributed by atoms with Gasteiger partial charge in [0.2, 0.25) is 0 Å². The molecule has 1 rings (SSSR count). The summed E-state index contributed by atoms with van der Waals surface area (Å²) in [5.41, 5.74) is 10.4. The fourth-order valence-corrected chi connectivity index (χ4v) is 2.53. The molecule has 1 heterocycles. The highest BCUT2D eigenvalue weighted by Crippen LogP contribution is 2.36.